The van der Waals surface area contributed by atoms with E-state index in [1.54, 1.807) is 0 Å². The molecule has 0 amide bonds. The van der Waals surface area contributed by atoms with Crippen LogP contribution in [0.15, 0.2) is 22.5 Å². The Labute approximate surface area is 166 Å². The maximum absolute atomic E-state index is 6.24. The van der Waals surface area contributed by atoms with Gasteiger partial charge in [-0.1, -0.05) is 6.07 Å². The predicted octanol–water partition coefficient (Wildman–Crippen LogP) is 2.78. The molecule has 0 radical (unpaired) electrons. The lowest BCUT2D eigenvalue weighted by Crippen LogP contribution is -2.48. The van der Waals surface area contributed by atoms with E-state index in [-0.39, 0.29) is 30.1 Å². The van der Waals surface area contributed by atoms with E-state index in [0.717, 1.165) is 26.2 Å². The average molecular weight is 464 g/mol. The summed E-state index contributed by atoms with van der Waals surface area (Å²) in [7, 11) is 2.23. The van der Waals surface area contributed by atoms with E-state index in [1.165, 1.54) is 24.3 Å². The van der Waals surface area contributed by atoms with Gasteiger partial charge in [0, 0.05) is 30.6 Å². The second-order valence-electron chi connectivity index (χ2n) is 6.67. The SMILES string of the molecule is CC1CN(C(N)=NCC2CCCN(C)C2c2cccs2)CCO1.I. The van der Waals surface area contributed by atoms with Gasteiger partial charge in [0.2, 0.25) is 0 Å². The standard InChI is InChI=1S/C17H28N4OS.HI/c1-13-12-21(8-9-22-13)17(18)19-11-14-5-3-7-20(2)16(14)15-6-4-10-23-15;/h4,6,10,13-14,16H,3,5,7-9,11-12H2,1-2H3,(H2,18,19);1H. The molecule has 2 aliphatic rings. The van der Waals surface area contributed by atoms with Gasteiger partial charge < -0.3 is 15.4 Å². The van der Waals surface area contributed by atoms with E-state index < -0.39 is 0 Å². The molecule has 3 rings (SSSR count). The van der Waals surface area contributed by atoms with Crippen molar-refractivity contribution in [3.05, 3.63) is 22.4 Å². The van der Waals surface area contributed by atoms with Crippen LogP contribution in [0.1, 0.15) is 30.7 Å². The normalized spacial score (nSPS) is 29.3. The van der Waals surface area contributed by atoms with E-state index >= 15 is 0 Å². The van der Waals surface area contributed by atoms with Gasteiger partial charge in [-0.3, -0.25) is 9.89 Å². The summed E-state index contributed by atoms with van der Waals surface area (Å²) in [4.78, 5) is 10.8. The topological polar surface area (TPSA) is 54.1 Å². The van der Waals surface area contributed by atoms with Crippen molar-refractivity contribution in [3.8, 4) is 0 Å². The Kier molecular flexibility index (Phi) is 7.77. The number of likely N-dealkylation sites (tertiary alicyclic amines) is 1. The van der Waals surface area contributed by atoms with Crippen LogP contribution in [-0.4, -0.2) is 61.7 Å². The zero-order valence-corrected chi connectivity index (χ0v) is 17.7. The number of nitrogens with two attached hydrogens (primary N) is 1. The van der Waals surface area contributed by atoms with Gasteiger partial charge in [0.05, 0.1) is 12.7 Å². The molecule has 3 unspecified atom stereocenters. The quantitative estimate of drug-likeness (QED) is 0.425. The number of morpholine rings is 1. The molecule has 0 spiro atoms. The van der Waals surface area contributed by atoms with Crippen molar-refractivity contribution in [1.82, 2.24) is 9.80 Å². The minimum atomic E-state index is 0. The Morgan fingerprint density at radius 3 is 3.00 bits per heavy atom. The number of halogens is 1. The molecule has 5 nitrogen and oxygen atoms in total. The molecule has 7 heteroatoms. The van der Waals surface area contributed by atoms with Gasteiger partial charge in [0.1, 0.15) is 0 Å². The molecule has 2 fully saturated rings. The number of rotatable bonds is 3. The summed E-state index contributed by atoms with van der Waals surface area (Å²) < 4.78 is 5.58. The third-order valence-corrected chi connectivity index (χ3v) is 5.84. The Bertz CT molecular complexity index is 525. The van der Waals surface area contributed by atoms with E-state index in [9.17, 15) is 0 Å². The van der Waals surface area contributed by atoms with E-state index in [1.807, 2.05) is 11.3 Å². The number of hydrogen-bond donors (Lipinski definition) is 1. The minimum absolute atomic E-state index is 0. The zero-order chi connectivity index (χ0) is 16.2. The molecule has 1 aromatic heterocycles. The summed E-state index contributed by atoms with van der Waals surface area (Å²) in [6.07, 6.45) is 2.70. The van der Waals surface area contributed by atoms with Gasteiger partial charge in [0.15, 0.2) is 5.96 Å². The van der Waals surface area contributed by atoms with Crippen LogP contribution in [0.5, 0.6) is 0 Å². The van der Waals surface area contributed by atoms with Crippen LogP contribution >= 0.6 is 35.3 Å². The second-order valence-corrected chi connectivity index (χ2v) is 7.65. The summed E-state index contributed by atoms with van der Waals surface area (Å²) >= 11 is 1.85. The highest BCUT2D eigenvalue weighted by molar-refractivity contribution is 14.0. The van der Waals surface area contributed by atoms with Gasteiger partial charge in [0.25, 0.3) is 0 Å². The highest BCUT2D eigenvalue weighted by Gasteiger charge is 2.31. The molecule has 24 heavy (non-hydrogen) atoms. The van der Waals surface area contributed by atoms with E-state index in [0.29, 0.717) is 17.9 Å². The lowest BCUT2D eigenvalue weighted by molar-refractivity contribution is 0.00522. The highest BCUT2D eigenvalue weighted by Crippen LogP contribution is 2.37. The molecular formula is C17H29IN4OS. The first kappa shape index (κ1) is 19.9. The number of aliphatic imine (C=N–C) groups is 1. The molecule has 0 aliphatic carbocycles. The molecule has 3 atom stereocenters. The molecule has 2 saturated heterocycles. The van der Waals surface area contributed by atoms with Gasteiger partial charge in [-0.25, -0.2) is 0 Å². The van der Waals surface area contributed by atoms with Gasteiger partial charge in [-0.15, -0.1) is 35.3 Å². The smallest absolute Gasteiger partial charge is 0.191 e. The van der Waals surface area contributed by atoms with Crippen LogP contribution in [0.25, 0.3) is 0 Å². The molecule has 1 aromatic rings. The summed E-state index contributed by atoms with van der Waals surface area (Å²) in [5, 5.41) is 2.17. The number of guanidine groups is 1. The molecular weight excluding hydrogens is 435 g/mol. The largest absolute Gasteiger partial charge is 0.375 e. The van der Waals surface area contributed by atoms with Gasteiger partial charge in [-0.2, -0.15) is 0 Å². The van der Waals surface area contributed by atoms with Crippen LogP contribution in [-0.2, 0) is 4.74 Å². The molecule has 0 aromatic carbocycles. The van der Waals surface area contributed by atoms with Crippen LogP contribution in [0, 0.1) is 5.92 Å². The predicted molar refractivity (Wildman–Crippen MR) is 111 cm³/mol. The Balaban J connectivity index is 0.00000208. The molecule has 0 bridgehead atoms. The fraction of sp³-hybridized carbons (Fsp3) is 0.706. The van der Waals surface area contributed by atoms with E-state index in [4.69, 9.17) is 15.5 Å². The molecule has 0 saturated carbocycles. The number of nitrogens with zero attached hydrogens (tertiary/aromatic N) is 3. The van der Waals surface area contributed by atoms with E-state index in [2.05, 4.69) is 41.3 Å². The molecule has 2 aliphatic heterocycles. The number of ether oxygens (including phenoxy) is 1. The van der Waals surface area contributed by atoms with Crippen LogP contribution in [0.3, 0.4) is 0 Å². The van der Waals surface area contributed by atoms with Crippen molar-refractivity contribution < 1.29 is 4.74 Å². The van der Waals surface area contributed by atoms with Crippen molar-refractivity contribution >= 4 is 41.3 Å². The first-order valence-electron chi connectivity index (χ1n) is 8.55. The summed E-state index contributed by atoms with van der Waals surface area (Å²) in [5.74, 6) is 1.22. The number of thiophene rings is 1. The second kappa shape index (κ2) is 9.35. The van der Waals surface area contributed by atoms with Crippen molar-refractivity contribution in [1.29, 1.82) is 0 Å². The number of hydrogen-bond acceptors (Lipinski definition) is 4. The maximum Gasteiger partial charge on any atom is 0.191 e. The average Bonchev–Trinajstić information content (AvgIpc) is 3.06. The number of piperidine rings is 1. The van der Waals surface area contributed by atoms with Crippen molar-refractivity contribution in [2.45, 2.75) is 31.9 Å². The lowest BCUT2D eigenvalue weighted by atomic mass is 9.88. The van der Waals surface area contributed by atoms with Gasteiger partial charge in [-0.05, 0) is 50.7 Å². The van der Waals surface area contributed by atoms with Crippen LogP contribution < -0.4 is 5.73 Å². The Morgan fingerprint density at radius 2 is 2.29 bits per heavy atom. The molecule has 3 heterocycles. The molecule has 136 valence electrons. The Morgan fingerprint density at radius 1 is 1.46 bits per heavy atom. The first-order valence-corrected chi connectivity index (χ1v) is 9.43. The lowest BCUT2D eigenvalue weighted by Gasteiger charge is -2.38. The molecule has 2 N–H and O–H groups in total. The van der Waals surface area contributed by atoms with Crippen LogP contribution in [0.2, 0.25) is 0 Å². The Hall–Kier alpha value is -0.380. The summed E-state index contributed by atoms with van der Waals surface area (Å²) in [6, 6.07) is 4.87. The summed E-state index contributed by atoms with van der Waals surface area (Å²) in [5.41, 5.74) is 6.24. The van der Waals surface area contributed by atoms with Crippen molar-refractivity contribution in [2.24, 2.45) is 16.6 Å². The van der Waals surface area contributed by atoms with Gasteiger partial charge >= 0.3 is 0 Å². The minimum Gasteiger partial charge on any atom is -0.375 e. The third-order valence-electron chi connectivity index (χ3n) is 4.89. The fourth-order valence-electron chi connectivity index (χ4n) is 3.70. The fourth-order valence-corrected chi connectivity index (χ4v) is 4.68. The van der Waals surface area contributed by atoms with Crippen molar-refractivity contribution in [3.63, 3.8) is 0 Å². The first-order chi connectivity index (χ1) is 11.1. The van der Waals surface area contributed by atoms with Crippen LogP contribution in [0.4, 0.5) is 0 Å². The third kappa shape index (κ3) is 4.83. The summed E-state index contributed by atoms with van der Waals surface area (Å²) in [6.45, 7) is 6.49. The maximum atomic E-state index is 6.24. The zero-order valence-electron chi connectivity index (χ0n) is 14.6. The van der Waals surface area contributed by atoms with Crippen molar-refractivity contribution in [2.75, 3.05) is 39.8 Å². The monoisotopic (exact) mass is 464 g/mol. The highest BCUT2D eigenvalue weighted by atomic mass is 127.